The fraction of sp³-hybridized carbons (Fsp3) is 0.667. The molecule has 0 radical (unpaired) electrons. The van der Waals surface area contributed by atoms with Crippen LogP contribution >= 0.6 is 0 Å². The van der Waals surface area contributed by atoms with Crippen molar-refractivity contribution in [3.8, 4) is 0 Å². The van der Waals surface area contributed by atoms with Gasteiger partial charge < -0.3 is 19.7 Å². The van der Waals surface area contributed by atoms with Gasteiger partial charge in [0.15, 0.2) is 0 Å². The van der Waals surface area contributed by atoms with Crippen molar-refractivity contribution in [3.05, 3.63) is 35.9 Å². The van der Waals surface area contributed by atoms with Crippen LogP contribution in [0, 0.1) is 5.92 Å². The van der Waals surface area contributed by atoms with Gasteiger partial charge in [-0.1, -0.05) is 30.3 Å². The molecule has 6 nitrogen and oxygen atoms in total. The number of nitrogens with one attached hydrogen (secondary N) is 1. The van der Waals surface area contributed by atoms with Crippen LogP contribution in [-0.2, 0) is 24.5 Å². The maximum atomic E-state index is 13.4. The van der Waals surface area contributed by atoms with Crippen molar-refractivity contribution in [2.75, 3.05) is 40.0 Å². The summed E-state index contributed by atoms with van der Waals surface area (Å²) < 4.78 is 10.7. The Hall–Kier alpha value is -1.92. The third-order valence-corrected chi connectivity index (χ3v) is 7.26. The molecular formula is C24H34N2O4. The minimum Gasteiger partial charge on any atom is -0.385 e. The Morgan fingerprint density at radius 1 is 1.10 bits per heavy atom. The van der Waals surface area contributed by atoms with Crippen LogP contribution in [0.3, 0.4) is 0 Å². The number of amides is 2. The summed E-state index contributed by atoms with van der Waals surface area (Å²) >= 11 is 0. The van der Waals surface area contributed by atoms with Gasteiger partial charge in [0.25, 0.3) is 0 Å². The molecule has 0 unspecified atom stereocenters. The first kappa shape index (κ1) is 21.3. The molecule has 2 aliphatic heterocycles. The van der Waals surface area contributed by atoms with E-state index in [1.807, 2.05) is 23.1 Å². The highest BCUT2D eigenvalue weighted by Crippen LogP contribution is 2.50. The zero-order valence-electron chi connectivity index (χ0n) is 18.0. The predicted octanol–water partition coefficient (Wildman–Crippen LogP) is 2.66. The normalized spacial score (nSPS) is 23.0. The number of likely N-dealkylation sites (tertiary alicyclic amines) is 1. The maximum absolute atomic E-state index is 13.4. The second-order valence-electron chi connectivity index (χ2n) is 9.14. The molecule has 2 saturated heterocycles. The molecule has 0 aromatic heterocycles. The van der Waals surface area contributed by atoms with E-state index in [1.165, 1.54) is 0 Å². The van der Waals surface area contributed by atoms with Gasteiger partial charge in [0.1, 0.15) is 0 Å². The van der Waals surface area contributed by atoms with Crippen molar-refractivity contribution in [3.63, 3.8) is 0 Å². The van der Waals surface area contributed by atoms with Crippen LogP contribution in [0.15, 0.2) is 30.3 Å². The molecule has 6 heteroatoms. The standard InChI is InChI=1S/C24H34N2O4/c1-29-18-13-23(25-21(27)19-7-16-30-17-8-19)11-14-26(15-12-23)22(28)24(9-10-24)20-5-3-2-4-6-20/h2-6,19H,7-18H2,1H3,(H,25,27). The largest absolute Gasteiger partial charge is 0.385 e. The van der Waals surface area contributed by atoms with E-state index in [-0.39, 0.29) is 28.7 Å². The number of methoxy groups -OCH3 is 1. The number of carbonyl (C=O) groups excluding carboxylic acids is 2. The van der Waals surface area contributed by atoms with E-state index < -0.39 is 0 Å². The number of carbonyl (C=O) groups is 2. The van der Waals surface area contributed by atoms with E-state index in [2.05, 4.69) is 17.4 Å². The summed E-state index contributed by atoms with van der Waals surface area (Å²) in [5.74, 6) is 0.424. The van der Waals surface area contributed by atoms with E-state index in [1.54, 1.807) is 7.11 Å². The Balaban J connectivity index is 1.40. The maximum Gasteiger partial charge on any atom is 0.233 e. The number of nitrogens with zero attached hydrogens (tertiary/aromatic N) is 1. The first-order chi connectivity index (χ1) is 14.6. The van der Waals surface area contributed by atoms with E-state index in [0.717, 1.165) is 50.5 Å². The topological polar surface area (TPSA) is 67.9 Å². The van der Waals surface area contributed by atoms with Crippen molar-refractivity contribution in [2.45, 2.75) is 55.9 Å². The molecule has 1 N–H and O–H groups in total. The first-order valence-electron chi connectivity index (χ1n) is 11.3. The van der Waals surface area contributed by atoms with E-state index >= 15 is 0 Å². The van der Waals surface area contributed by atoms with Gasteiger partial charge in [0, 0.05) is 51.5 Å². The molecule has 1 aliphatic carbocycles. The molecule has 1 aromatic rings. The molecule has 1 aromatic carbocycles. The van der Waals surface area contributed by atoms with Crippen LogP contribution in [0.25, 0.3) is 0 Å². The van der Waals surface area contributed by atoms with E-state index in [9.17, 15) is 9.59 Å². The molecule has 3 fully saturated rings. The summed E-state index contributed by atoms with van der Waals surface area (Å²) in [6, 6.07) is 10.2. The van der Waals surface area contributed by atoms with Crippen molar-refractivity contribution < 1.29 is 19.1 Å². The highest BCUT2D eigenvalue weighted by molar-refractivity contribution is 5.91. The smallest absolute Gasteiger partial charge is 0.233 e. The number of benzene rings is 1. The van der Waals surface area contributed by atoms with E-state index in [4.69, 9.17) is 9.47 Å². The zero-order valence-corrected chi connectivity index (χ0v) is 18.0. The molecule has 0 spiro atoms. The average molecular weight is 415 g/mol. The lowest BCUT2D eigenvalue weighted by Crippen LogP contribution is -2.58. The van der Waals surface area contributed by atoms with Gasteiger partial charge in [-0.3, -0.25) is 9.59 Å². The van der Waals surface area contributed by atoms with Gasteiger partial charge in [-0.2, -0.15) is 0 Å². The second-order valence-corrected chi connectivity index (χ2v) is 9.14. The van der Waals surface area contributed by atoms with Gasteiger partial charge in [-0.05, 0) is 50.5 Å². The van der Waals surface area contributed by atoms with Crippen LogP contribution in [0.1, 0.15) is 50.5 Å². The minimum absolute atomic E-state index is 0.0330. The van der Waals surface area contributed by atoms with Gasteiger partial charge >= 0.3 is 0 Å². The lowest BCUT2D eigenvalue weighted by molar-refractivity contribution is -0.137. The summed E-state index contributed by atoms with van der Waals surface area (Å²) in [5, 5.41) is 3.37. The monoisotopic (exact) mass is 414 g/mol. The predicted molar refractivity (Wildman–Crippen MR) is 114 cm³/mol. The Morgan fingerprint density at radius 2 is 1.77 bits per heavy atom. The number of rotatable bonds is 7. The van der Waals surface area contributed by atoms with Crippen LogP contribution in [-0.4, -0.2) is 62.3 Å². The van der Waals surface area contributed by atoms with Crippen LogP contribution in [0.4, 0.5) is 0 Å². The van der Waals surface area contributed by atoms with Gasteiger partial charge in [0.2, 0.25) is 11.8 Å². The van der Waals surface area contributed by atoms with Crippen molar-refractivity contribution in [2.24, 2.45) is 5.92 Å². The summed E-state index contributed by atoms with van der Waals surface area (Å²) in [6.07, 6.45) is 5.78. The number of hydrogen-bond donors (Lipinski definition) is 1. The highest BCUT2D eigenvalue weighted by atomic mass is 16.5. The van der Waals surface area contributed by atoms with Crippen molar-refractivity contribution in [1.82, 2.24) is 10.2 Å². The lowest BCUT2D eigenvalue weighted by Gasteiger charge is -2.44. The Kier molecular flexibility index (Phi) is 6.44. The van der Waals surface area contributed by atoms with Crippen LogP contribution in [0.2, 0.25) is 0 Å². The summed E-state index contributed by atoms with van der Waals surface area (Å²) in [6.45, 7) is 3.30. The number of piperidine rings is 1. The second kappa shape index (κ2) is 9.06. The average Bonchev–Trinajstić information content (AvgIpc) is 3.61. The van der Waals surface area contributed by atoms with Crippen LogP contribution in [0.5, 0.6) is 0 Å². The molecule has 3 aliphatic rings. The molecule has 0 bridgehead atoms. The quantitative estimate of drug-likeness (QED) is 0.745. The molecule has 0 atom stereocenters. The summed E-state index contributed by atoms with van der Waals surface area (Å²) in [5.41, 5.74) is 0.532. The Bertz CT molecular complexity index is 733. The van der Waals surface area contributed by atoms with E-state index in [0.29, 0.717) is 32.9 Å². The molecule has 1 saturated carbocycles. The highest BCUT2D eigenvalue weighted by Gasteiger charge is 2.53. The first-order valence-corrected chi connectivity index (χ1v) is 11.3. The molecule has 164 valence electrons. The Labute approximate surface area is 179 Å². The molecular weight excluding hydrogens is 380 g/mol. The van der Waals surface area contributed by atoms with Crippen molar-refractivity contribution in [1.29, 1.82) is 0 Å². The fourth-order valence-electron chi connectivity index (χ4n) is 5.01. The molecule has 2 heterocycles. The SMILES string of the molecule is COCCC1(NC(=O)C2CCOCC2)CCN(C(=O)C2(c3ccccc3)CC2)CC1. The Morgan fingerprint density at radius 3 is 2.37 bits per heavy atom. The van der Waals surface area contributed by atoms with Crippen molar-refractivity contribution >= 4 is 11.8 Å². The molecule has 30 heavy (non-hydrogen) atoms. The van der Waals surface area contributed by atoms with Gasteiger partial charge in [-0.15, -0.1) is 0 Å². The molecule has 2 amide bonds. The zero-order chi connectivity index (χ0) is 21.0. The van der Waals surface area contributed by atoms with Crippen LogP contribution < -0.4 is 5.32 Å². The van der Waals surface area contributed by atoms with Gasteiger partial charge in [0.05, 0.1) is 5.41 Å². The van der Waals surface area contributed by atoms with Gasteiger partial charge in [-0.25, -0.2) is 0 Å². The fourth-order valence-corrected chi connectivity index (χ4v) is 5.01. The third-order valence-electron chi connectivity index (χ3n) is 7.26. The summed E-state index contributed by atoms with van der Waals surface area (Å²) in [7, 11) is 1.70. The lowest BCUT2D eigenvalue weighted by atomic mass is 9.82. The number of hydrogen-bond acceptors (Lipinski definition) is 4. The summed E-state index contributed by atoms with van der Waals surface area (Å²) in [4.78, 5) is 28.3. The minimum atomic E-state index is -0.320. The number of ether oxygens (including phenoxy) is 2. The molecule has 4 rings (SSSR count). The third kappa shape index (κ3) is 4.40.